The Bertz CT molecular complexity index is 1350. The number of hydrogen-bond acceptors (Lipinski definition) is 2. The average molecular weight is 483 g/mol. The molecule has 0 N–H and O–H groups in total. The fraction of sp³-hybridized carbons (Fsp3) is 0.286. The zero-order chi connectivity index (χ0) is 24.1. The fourth-order valence-electron chi connectivity index (χ4n) is 4.75. The second kappa shape index (κ2) is 8.36. The molecule has 0 spiro atoms. The van der Waals surface area contributed by atoms with E-state index in [1.54, 1.807) is 0 Å². The van der Waals surface area contributed by atoms with Crippen LogP contribution in [0.2, 0.25) is 39.3 Å². The quantitative estimate of drug-likeness (QED) is 0.235. The summed E-state index contributed by atoms with van der Waals surface area (Å²) in [6, 6.07) is 21.9. The minimum absolute atomic E-state index is 1.08. The monoisotopic (exact) mass is 482 g/mol. The molecule has 174 valence electrons. The molecule has 4 nitrogen and oxygen atoms in total. The maximum Gasteiger partial charge on any atom is 0.0962 e. The predicted molar refractivity (Wildman–Crippen MR) is 151 cm³/mol. The van der Waals surface area contributed by atoms with Crippen LogP contribution in [0.15, 0.2) is 73.3 Å². The van der Waals surface area contributed by atoms with Gasteiger partial charge in [0.2, 0.25) is 0 Å². The molecular weight excluding hydrogens is 449 g/mol. The molecule has 0 radical (unpaired) electrons. The highest BCUT2D eigenvalue weighted by atomic mass is 28.3. The summed E-state index contributed by atoms with van der Waals surface area (Å²) in [7, 11) is -2.47. The SMILES string of the molecule is C[Si](C)(C)Cn1cnc2c(-c3ccc(-c4cccc5c4ncn5C[Si](C)(C)C)cc3)cccc21. The number of benzene rings is 3. The van der Waals surface area contributed by atoms with Crippen LogP contribution >= 0.6 is 0 Å². The summed E-state index contributed by atoms with van der Waals surface area (Å²) in [5.41, 5.74) is 9.39. The van der Waals surface area contributed by atoms with Crippen LogP contribution in [0.1, 0.15) is 0 Å². The van der Waals surface area contributed by atoms with Gasteiger partial charge >= 0.3 is 0 Å². The third-order valence-corrected chi connectivity index (χ3v) is 8.68. The Morgan fingerprint density at radius 2 is 0.941 bits per heavy atom. The van der Waals surface area contributed by atoms with Crippen molar-refractivity contribution in [2.45, 2.75) is 51.6 Å². The first-order valence-corrected chi connectivity index (χ1v) is 19.5. The van der Waals surface area contributed by atoms with Crippen LogP contribution < -0.4 is 0 Å². The van der Waals surface area contributed by atoms with Gasteiger partial charge in [-0.2, -0.15) is 0 Å². The molecule has 0 saturated heterocycles. The van der Waals surface area contributed by atoms with Crippen LogP contribution in [0.5, 0.6) is 0 Å². The maximum absolute atomic E-state index is 4.81. The molecule has 0 aliphatic rings. The number of fused-ring (bicyclic) bond motifs is 2. The van der Waals surface area contributed by atoms with E-state index in [1.165, 1.54) is 33.3 Å². The predicted octanol–water partition coefficient (Wildman–Crippen LogP) is 7.47. The van der Waals surface area contributed by atoms with Crippen molar-refractivity contribution < 1.29 is 0 Å². The summed E-state index contributed by atoms with van der Waals surface area (Å²) in [4.78, 5) is 9.62. The molecule has 0 unspecified atom stereocenters. The molecule has 0 fully saturated rings. The molecule has 0 aliphatic heterocycles. The van der Waals surface area contributed by atoms with E-state index in [9.17, 15) is 0 Å². The fourth-order valence-corrected chi connectivity index (χ4v) is 7.29. The standard InChI is InChI=1S/C28H34N4Si2/c1-33(2,3)19-31-17-29-27-23(9-7-11-25(27)31)21-13-15-22(16-14-21)24-10-8-12-26-28(24)30-18-32(26)20-34(4,5)6/h7-18H,19-20H2,1-6H3. The Kier molecular flexibility index (Phi) is 5.61. The first-order valence-electron chi connectivity index (χ1n) is 12.1. The van der Waals surface area contributed by atoms with Gasteiger partial charge < -0.3 is 9.13 Å². The lowest BCUT2D eigenvalue weighted by atomic mass is 9.99. The molecule has 34 heavy (non-hydrogen) atoms. The third-order valence-electron chi connectivity index (χ3n) is 6.10. The van der Waals surface area contributed by atoms with Gasteiger partial charge in [-0.1, -0.05) is 87.8 Å². The van der Waals surface area contributed by atoms with Gasteiger partial charge in [0.15, 0.2) is 0 Å². The van der Waals surface area contributed by atoms with Gasteiger partial charge in [-0.3, -0.25) is 0 Å². The van der Waals surface area contributed by atoms with Gasteiger partial charge in [-0.15, -0.1) is 0 Å². The summed E-state index contributed by atoms with van der Waals surface area (Å²) in [5, 5.41) is 0. The molecule has 6 heteroatoms. The topological polar surface area (TPSA) is 35.6 Å². The highest BCUT2D eigenvalue weighted by Crippen LogP contribution is 2.32. The van der Waals surface area contributed by atoms with Crippen LogP contribution in [-0.4, -0.2) is 35.2 Å². The molecule has 0 amide bonds. The van der Waals surface area contributed by atoms with Crippen molar-refractivity contribution in [3.63, 3.8) is 0 Å². The van der Waals surface area contributed by atoms with E-state index in [0.29, 0.717) is 0 Å². The molecule has 2 aromatic heterocycles. The van der Waals surface area contributed by atoms with E-state index in [4.69, 9.17) is 9.97 Å². The molecule has 0 aliphatic carbocycles. The zero-order valence-electron chi connectivity index (χ0n) is 21.1. The smallest absolute Gasteiger partial charge is 0.0962 e. The molecule has 2 heterocycles. The van der Waals surface area contributed by atoms with Crippen molar-refractivity contribution in [2.75, 3.05) is 0 Å². The number of para-hydroxylation sites is 2. The van der Waals surface area contributed by atoms with Crippen molar-refractivity contribution in [1.29, 1.82) is 0 Å². The lowest BCUT2D eigenvalue weighted by molar-refractivity contribution is 0.881. The average Bonchev–Trinajstić information content (AvgIpc) is 3.36. The van der Waals surface area contributed by atoms with Gasteiger partial charge in [0.25, 0.3) is 0 Å². The van der Waals surface area contributed by atoms with Crippen LogP contribution in [0.3, 0.4) is 0 Å². The van der Waals surface area contributed by atoms with Crippen molar-refractivity contribution in [3.05, 3.63) is 73.3 Å². The number of hydrogen-bond donors (Lipinski definition) is 0. The van der Waals surface area contributed by atoms with E-state index in [1.807, 2.05) is 12.7 Å². The van der Waals surface area contributed by atoms with E-state index in [0.717, 1.165) is 23.4 Å². The zero-order valence-corrected chi connectivity index (χ0v) is 23.1. The molecule has 0 saturated carbocycles. The normalized spacial score (nSPS) is 12.6. The van der Waals surface area contributed by atoms with Crippen LogP contribution in [0.4, 0.5) is 0 Å². The van der Waals surface area contributed by atoms with Gasteiger partial charge in [0, 0.05) is 23.5 Å². The highest BCUT2D eigenvalue weighted by Gasteiger charge is 2.18. The van der Waals surface area contributed by atoms with Crippen LogP contribution in [0.25, 0.3) is 44.3 Å². The van der Waals surface area contributed by atoms with E-state index < -0.39 is 16.1 Å². The molecule has 0 bridgehead atoms. The van der Waals surface area contributed by atoms with Gasteiger partial charge in [0.05, 0.1) is 50.9 Å². The molecule has 5 aromatic rings. The van der Waals surface area contributed by atoms with E-state index in [2.05, 4.69) is 109 Å². The Balaban J connectivity index is 1.51. The van der Waals surface area contributed by atoms with Crippen molar-refractivity contribution >= 4 is 38.2 Å². The number of imidazole rings is 2. The molecule has 0 atom stereocenters. The van der Waals surface area contributed by atoms with Crippen LogP contribution in [-0.2, 0) is 12.3 Å². The molecular formula is C28H34N4Si2. The van der Waals surface area contributed by atoms with Gasteiger partial charge in [-0.05, 0) is 23.3 Å². The van der Waals surface area contributed by atoms with Crippen LogP contribution in [0, 0.1) is 0 Å². The Morgan fingerprint density at radius 3 is 1.29 bits per heavy atom. The summed E-state index contributed by atoms with van der Waals surface area (Å²) >= 11 is 0. The minimum atomic E-state index is -1.24. The minimum Gasteiger partial charge on any atom is -0.334 e. The maximum atomic E-state index is 4.81. The summed E-state index contributed by atoms with van der Waals surface area (Å²) in [6.07, 6.45) is 6.19. The van der Waals surface area contributed by atoms with Crippen molar-refractivity contribution in [1.82, 2.24) is 19.1 Å². The lowest BCUT2D eigenvalue weighted by Gasteiger charge is -2.17. The summed E-state index contributed by atoms with van der Waals surface area (Å²) < 4.78 is 4.66. The molecule has 5 rings (SSSR count). The first kappa shape index (κ1) is 22.8. The van der Waals surface area contributed by atoms with E-state index >= 15 is 0 Å². The Morgan fingerprint density at radius 1 is 0.559 bits per heavy atom. The lowest BCUT2D eigenvalue weighted by Crippen LogP contribution is -2.27. The highest BCUT2D eigenvalue weighted by molar-refractivity contribution is 6.75. The number of nitrogens with zero attached hydrogens (tertiary/aromatic N) is 4. The van der Waals surface area contributed by atoms with Crippen molar-refractivity contribution in [3.8, 4) is 22.3 Å². The second-order valence-corrected chi connectivity index (χ2v) is 22.7. The Hall–Kier alpha value is -2.97. The first-order chi connectivity index (χ1) is 16.1. The van der Waals surface area contributed by atoms with E-state index in [-0.39, 0.29) is 0 Å². The molecule has 3 aromatic carbocycles. The third kappa shape index (κ3) is 4.52. The number of rotatable bonds is 6. The largest absolute Gasteiger partial charge is 0.334 e. The summed E-state index contributed by atoms with van der Waals surface area (Å²) in [5.74, 6) is 0. The van der Waals surface area contributed by atoms with Gasteiger partial charge in [0.1, 0.15) is 0 Å². The van der Waals surface area contributed by atoms with Crippen molar-refractivity contribution in [2.24, 2.45) is 0 Å². The van der Waals surface area contributed by atoms with Gasteiger partial charge in [-0.25, -0.2) is 9.97 Å². The second-order valence-electron chi connectivity index (χ2n) is 11.8. The Labute approximate surface area is 204 Å². The number of aromatic nitrogens is 4. The summed E-state index contributed by atoms with van der Waals surface area (Å²) in [6.45, 7) is 14.4.